The molecule has 2 aromatic carbocycles. The number of amides is 1. The molecule has 0 atom stereocenters. The Labute approximate surface area is 163 Å². The normalized spacial score (nSPS) is 10.4. The molecule has 2 rings (SSSR count). The van der Waals surface area contributed by atoms with Crippen LogP contribution in [0.1, 0.15) is 35.7 Å². The van der Waals surface area contributed by atoms with Crippen LogP contribution in [0.25, 0.3) is 0 Å². The molecule has 138 valence electrons. The molecule has 26 heavy (non-hydrogen) atoms. The molecule has 1 N–H and O–H groups in total. The van der Waals surface area contributed by atoms with Gasteiger partial charge in [-0.2, -0.15) is 0 Å². The summed E-state index contributed by atoms with van der Waals surface area (Å²) in [5.74, 6) is 0.0203. The Morgan fingerprint density at radius 2 is 1.77 bits per heavy atom. The maximum atomic E-state index is 12.0. The van der Waals surface area contributed by atoms with Gasteiger partial charge in [0.25, 0.3) is 5.91 Å². The molecule has 0 heterocycles. The molecule has 0 bridgehead atoms. The monoisotopic (exact) mass is 391 g/mol. The molecule has 0 radical (unpaired) electrons. The molecule has 0 aliphatic carbocycles. The summed E-state index contributed by atoms with van der Waals surface area (Å²) < 4.78 is 5.03. The van der Waals surface area contributed by atoms with Crippen LogP contribution in [0.4, 0.5) is 0 Å². The van der Waals surface area contributed by atoms with Crippen molar-refractivity contribution in [1.82, 2.24) is 5.32 Å². The number of halogens is 1. The number of nitrogens with one attached hydrogen (secondary N) is 1. The average molecular weight is 392 g/mol. The highest BCUT2D eigenvalue weighted by Crippen LogP contribution is 2.24. The minimum absolute atomic E-state index is 0.253. The minimum atomic E-state index is -0.493. The maximum Gasteiger partial charge on any atom is 0.338 e. The first-order valence-corrected chi connectivity index (χ1v) is 9.86. The highest BCUT2D eigenvalue weighted by Gasteiger charge is 2.10. The predicted octanol–water partition coefficient (Wildman–Crippen LogP) is 4.71. The first kappa shape index (κ1) is 20.3. The standard InChI is InChI=1S/C20H22ClNO3S/c1-2-3-12-22-19(23)13-25-20(24)16-6-4-15(5-7-16)14-26-18-10-8-17(21)9-11-18/h4-11H,2-3,12-14H2,1H3,(H,22,23). The van der Waals surface area contributed by atoms with Gasteiger partial charge in [0, 0.05) is 22.2 Å². The van der Waals surface area contributed by atoms with E-state index < -0.39 is 5.97 Å². The van der Waals surface area contributed by atoms with Crippen LogP contribution in [-0.4, -0.2) is 25.0 Å². The van der Waals surface area contributed by atoms with Crippen molar-refractivity contribution in [2.75, 3.05) is 13.2 Å². The smallest absolute Gasteiger partial charge is 0.338 e. The minimum Gasteiger partial charge on any atom is -0.452 e. The summed E-state index contributed by atoms with van der Waals surface area (Å²) in [6.45, 7) is 2.40. The van der Waals surface area contributed by atoms with E-state index in [0.29, 0.717) is 12.1 Å². The fraction of sp³-hybridized carbons (Fsp3) is 0.300. The topological polar surface area (TPSA) is 55.4 Å². The van der Waals surface area contributed by atoms with Gasteiger partial charge in [0.2, 0.25) is 0 Å². The quantitative estimate of drug-likeness (QED) is 0.382. The molecule has 0 aliphatic heterocycles. The van der Waals surface area contributed by atoms with Crippen LogP contribution in [0, 0.1) is 0 Å². The molecule has 2 aromatic rings. The summed E-state index contributed by atoms with van der Waals surface area (Å²) in [6, 6.07) is 14.9. The third kappa shape index (κ3) is 7.10. The van der Waals surface area contributed by atoms with Crippen LogP contribution in [0.5, 0.6) is 0 Å². The molecule has 0 saturated carbocycles. The Balaban J connectivity index is 1.77. The molecular weight excluding hydrogens is 370 g/mol. The van der Waals surface area contributed by atoms with Crippen molar-refractivity contribution in [2.24, 2.45) is 0 Å². The number of thioether (sulfide) groups is 1. The van der Waals surface area contributed by atoms with Gasteiger partial charge in [0.1, 0.15) is 0 Å². The van der Waals surface area contributed by atoms with E-state index >= 15 is 0 Å². The van der Waals surface area contributed by atoms with Gasteiger partial charge in [-0.1, -0.05) is 37.1 Å². The third-order valence-corrected chi connectivity index (χ3v) is 4.93. The fourth-order valence-electron chi connectivity index (χ4n) is 2.10. The molecule has 0 unspecified atom stereocenters. The number of hydrogen-bond donors (Lipinski definition) is 1. The van der Waals surface area contributed by atoms with Crippen LogP contribution in [0.3, 0.4) is 0 Å². The zero-order valence-corrected chi connectivity index (χ0v) is 16.2. The number of rotatable bonds is 9. The van der Waals surface area contributed by atoms with Gasteiger partial charge in [-0.25, -0.2) is 4.79 Å². The molecule has 0 spiro atoms. The molecule has 6 heteroatoms. The first-order chi connectivity index (χ1) is 12.6. The summed E-state index contributed by atoms with van der Waals surface area (Å²) in [7, 11) is 0. The summed E-state index contributed by atoms with van der Waals surface area (Å²) in [6.07, 6.45) is 1.91. The second kappa shape index (κ2) is 10.9. The van der Waals surface area contributed by atoms with Gasteiger partial charge in [-0.3, -0.25) is 4.79 Å². The van der Waals surface area contributed by atoms with Crippen LogP contribution in [-0.2, 0) is 15.3 Å². The van der Waals surface area contributed by atoms with Crippen molar-refractivity contribution in [3.8, 4) is 0 Å². The number of carbonyl (C=O) groups is 2. The van der Waals surface area contributed by atoms with Gasteiger partial charge in [0.15, 0.2) is 6.61 Å². The van der Waals surface area contributed by atoms with Crippen molar-refractivity contribution in [1.29, 1.82) is 0 Å². The van der Waals surface area contributed by atoms with Gasteiger partial charge in [-0.05, 0) is 48.4 Å². The van der Waals surface area contributed by atoms with Crippen molar-refractivity contribution >= 4 is 35.2 Å². The summed E-state index contributed by atoms with van der Waals surface area (Å²) in [5, 5.41) is 3.43. The van der Waals surface area contributed by atoms with E-state index in [2.05, 4.69) is 5.32 Å². The zero-order valence-electron chi connectivity index (χ0n) is 14.7. The van der Waals surface area contributed by atoms with E-state index in [1.54, 1.807) is 23.9 Å². The van der Waals surface area contributed by atoms with Crippen molar-refractivity contribution in [2.45, 2.75) is 30.4 Å². The lowest BCUT2D eigenvalue weighted by Crippen LogP contribution is -2.29. The fourth-order valence-corrected chi connectivity index (χ4v) is 3.08. The molecule has 1 amide bonds. The molecule has 0 saturated heterocycles. The lowest BCUT2D eigenvalue weighted by molar-refractivity contribution is -0.124. The molecule has 0 fully saturated rings. The lowest BCUT2D eigenvalue weighted by atomic mass is 10.1. The maximum absolute atomic E-state index is 12.0. The van der Waals surface area contributed by atoms with Crippen molar-refractivity contribution < 1.29 is 14.3 Å². The number of benzene rings is 2. The second-order valence-electron chi connectivity index (χ2n) is 5.72. The highest BCUT2D eigenvalue weighted by atomic mass is 35.5. The van der Waals surface area contributed by atoms with E-state index in [-0.39, 0.29) is 12.5 Å². The number of carbonyl (C=O) groups excluding carboxylic acids is 2. The Morgan fingerprint density at radius 3 is 2.42 bits per heavy atom. The Morgan fingerprint density at radius 1 is 1.08 bits per heavy atom. The molecule has 4 nitrogen and oxygen atoms in total. The number of esters is 1. The largest absolute Gasteiger partial charge is 0.452 e. The number of ether oxygens (including phenoxy) is 1. The highest BCUT2D eigenvalue weighted by molar-refractivity contribution is 7.98. The van der Waals surface area contributed by atoms with Gasteiger partial charge < -0.3 is 10.1 Å². The summed E-state index contributed by atoms with van der Waals surface area (Å²) in [5.41, 5.74) is 1.53. The van der Waals surface area contributed by atoms with E-state index in [4.69, 9.17) is 16.3 Å². The van der Waals surface area contributed by atoms with E-state index in [1.807, 2.05) is 43.3 Å². The van der Waals surface area contributed by atoms with Gasteiger partial charge >= 0.3 is 5.97 Å². The molecule has 0 aliphatic rings. The average Bonchev–Trinajstić information content (AvgIpc) is 2.66. The zero-order chi connectivity index (χ0) is 18.8. The van der Waals surface area contributed by atoms with E-state index in [0.717, 1.165) is 34.1 Å². The van der Waals surface area contributed by atoms with E-state index in [9.17, 15) is 9.59 Å². The Bertz CT molecular complexity index is 717. The predicted molar refractivity (Wildman–Crippen MR) is 106 cm³/mol. The number of hydrogen-bond acceptors (Lipinski definition) is 4. The van der Waals surface area contributed by atoms with E-state index in [1.165, 1.54) is 0 Å². The summed E-state index contributed by atoms with van der Waals surface area (Å²) in [4.78, 5) is 24.7. The lowest BCUT2D eigenvalue weighted by Gasteiger charge is -2.07. The van der Waals surface area contributed by atoms with Crippen LogP contribution in [0.2, 0.25) is 5.02 Å². The molecular formula is C20H22ClNO3S. The van der Waals surface area contributed by atoms with Crippen molar-refractivity contribution in [3.05, 3.63) is 64.7 Å². The molecule has 0 aromatic heterocycles. The van der Waals surface area contributed by atoms with Crippen LogP contribution >= 0.6 is 23.4 Å². The Kier molecular flexibility index (Phi) is 8.51. The van der Waals surface area contributed by atoms with Gasteiger partial charge in [0.05, 0.1) is 5.56 Å². The SMILES string of the molecule is CCCCNC(=O)COC(=O)c1ccc(CSc2ccc(Cl)cc2)cc1. The van der Waals surface area contributed by atoms with Crippen LogP contribution < -0.4 is 5.32 Å². The van der Waals surface area contributed by atoms with Crippen molar-refractivity contribution in [3.63, 3.8) is 0 Å². The second-order valence-corrected chi connectivity index (χ2v) is 7.20. The van der Waals surface area contributed by atoms with Crippen LogP contribution in [0.15, 0.2) is 53.4 Å². The summed E-state index contributed by atoms with van der Waals surface area (Å²) >= 11 is 7.57. The van der Waals surface area contributed by atoms with Gasteiger partial charge in [-0.15, -0.1) is 11.8 Å². The third-order valence-electron chi connectivity index (χ3n) is 3.60. The Hall–Kier alpha value is -1.98. The number of unbranched alkanes of at least 4 members (excludes halogenated alkanes) is 1. The first-order valence-electron chi connectivity index (χ1n) is 8.49.